The van der Waals surface area contributed by atoms with Crippen LogP contribution in [0.15, 0.2) is 133 Å². The normalized spacial score (nSPS) is 22.5. The number of rotatable bonds is 13. The first kappa shape index (κ1) is 42.9. The summed E-state index contributed by atoms with van der Waals surface area (Å²) in [7, 11) is 3.42. The van der Waals surface area contributed by atoms with Crippen molar-refractivity contribution in [2.24, 2.45) is 11.7 Å². The molecule has 2 saturated heterocycles. The third kappa shape index (κ3) is 8.06. The van der Waals surface area contributed by atoms with Crippen molar-refractivity contribution in [1.82, 2.24) is 9.80 Å². The number of hydrogen-bond donors (Lipinski definition) is 2. The summed E-state index contributed by atoms with van der Waals surface area (Å²) in [5, 5.41) is 9.69. The first-order chi connectivity index (χ1) is 30.7. The lowest BCUT2D eigenvalue weighted by atomic mass is 9.65. The SMILES string of the molecule is COCCOC(=O)N1C(=O)[C@@]2(c3cc(C#CCN(C)Cc4ccccc4)ccc31)[C@H](C(N)=O)[C@H]1C(=O)O[C@H](c3ccccc3)[C@H](c3ccccc3)N1[C@@H]2c1cccc(OCCO)c1. The maximum absolute atomic E-state index is 15.9. The summed E-state index contributed by atoms with van der Waals surface area (Å²) in [4.78, 5) is 64.4. The van der Waals surface area contributed by atoms with E-state index in [0.29, 0.717) is 35.5 Å². The Morgan fingerprint density at radius 1 is 0.825 bits per heavy atom. The first-order valence-corrected chi connectivity index (χ1v) is 20.8. The number of carbonyl (C=O) groups is 4. The lowest BCUT2D eigenvalue weighted by Crippen LogP contribution is -2.55. The highest BCUT2D eigenvalue weighted by Crippen LogP contribution is 2.66. The van der Waals surface area contributed by atoms with Gasteiger partial charge in [0.1, 0.15) is 36.5 Å². The van der Waals surface area contributed by atoms with Crippen molar-refractivity contribution in [3.05, 3.63) is 167 Å². The van der Waals surface area contributed by atoms with Crippen LogP contribution in [0, 0.1) is 17.8 Å². The molecule has 0 saturated carbocycles. The number of aliphatic hydroxyl groups is 1. The summed E-state index contributed by atoms with van der Waals surface area (Å²) in [5.41, 5.74) is 8.39. The number of carbonyl (C=O) groups excluding carboxylic acids is 4. The number of aliphatic hydroxyl groups excluding tert-OH is 1. The summed E-state index contributed by atoms with van der Waals surface area (Å²) in [6, 6.07) is 37.4. The number of anilines is 1. The van der Waals surface area contributed by atoms with Gasteiger partial charge in [-0.05, 0) is 65.2 Å². The third-order valence-electron chi connectivity index (χ3n) is 11.9. The highest BCUT2D eigenvalue weighted by molar-refractivity contribution is 6.23. The Labute approximate surface area is 365 Å². The van der Waals surface area contributed by atoms with Crippen LogP contribution in [0.1, 0.15) is 51.6 Å². The van der Waals surface area contributed by atoms with Crippen molar-refractivity contribution in [3.63, 3.8) is 0 Å². The second-order valence-electron chi connectivity index (χ2n) is 15.8. The highest BCUT2D eigenvalue weighted by atomic mass is 16.6. The monoisotopic (exact) mass is 848 g/mol. The standard InChI is InChI=1S/C50H48N4O9/c1-52(32-34-14-6-3-7-15-34)25-13-16-33-23-24-40-39(30-33)50(48(58)53(40)49(59)62-29-28-60-2)41(46(51)56)43-47(57)63-44(36-19-10-5-11-20-36)42(35-17-8-4-9-18-35)54(43)45(50)37-21-12-22-38(31-37)61-27-26-55/h3-12,14-15,17-24,30-31,41-45,55H,25-29,32H2,1-2H3,(H2,51,56)/t41-,42-,43-,44+,45+,50-/m0/s1. The Morgan fingerprint density at radius 3 is 2.19 bits per heavy atom. The second kappa shape index (κ2) is 18.7. The quantitative estimate of drug-likeness (QED) is 0.0878. The van der Waals surface area contributed by atoms with Gasteiger partial charge in [-0.15, -0.1) is 0 Å². The molecule has 2 fully saturated rings. The molecule has 5 aromatic rings. The number of primary amides is 1. The molecule has 8 rings (SSSR count). The molecule has 322 valence electrons. The minimum Gasteiger partial charge on any atom is -0.491 e. The van der Waals surface area contributed by atoms with Crippen molar-refractivity contribution in [3.8, 4) is 17.6 Å². The number of imide groups is 1. The molecule has 3 heterocycles. The number of benzene rings is 5. The maximum Gasteiger partial charge on any atom is 0.421 e. The van der Waals surface area contributed by atoms with E-state index in [-0.39, 0.29) is 37.7 Å². The highest BCUT2D eigenvalue weighted by Gasteiger charge is 2.75. The molecular weight excluding hydrogens is 801 g/mol. The van der Waals surface area contributed by atoms with Gasteiger partial charge < -0.3 is 29.8 Å². The predicted molar refractivity (Wildman–Crippen MR) is 233 cm³/mol. The van der Waals surface area contributed by atoms with E-state index in [1.54, 1.807) is 42.5 Å². The summed E-state index contributed by atoms with van der Waals surface area (Å²) in [6.45, 7) is 0.699. The minimum atomic E-state index is -2.04. The Hall–Kier alpha value is -6.82. The maximum atomic E-state index is 15.9. The number of nitrogens with two attached hydrogens (primary N) is 1. The fraction of sp³-hybridized carbons (Fsp3) is 0.280. The molecule has 3 aliphatic rings. The van der Waals surface area contributed by atoms with E-state index in [9.17, 15) is 19.5 Å². The molecule has 0 aliphatic carbocycles. The molecule has 13 nitrogen and oxygen atoms in total. The van der Waals surface area contributed by atoms with Crippen LogP contribution in [0.25, 0.3) is 0 Å². The predicted octanol–water partition coefficient (Wildman–Crippen LogP) is 5.48. The van der Waals surface area contributed by atoms with E-state index in [4.69, 9.17) is 24.7 Å². The zero-order valence-electron chi connectivity index (χ0n) is 35.0. The van der Waals surface area contributed by atoms with E-state index in [1.807, 2.05) is 103 Å². The Bertz CT molecular complexity index is 2530. The Kier molecular flexibility index (Phi) is 12.7. The van der Waals surface area contributed by atoms with Crippen LogP contribution in [-0.2, 0) is 40.6 Å². The molecule has 0 unspecified atom stereocenters. The molecule has 3 amide bonds. The van der Waals surface area contributed by atoms with Crippen LogP contribution in [-0.4, -0.2) is 92.0 Å². The fourth-order valence-electron chi connectivity index (χ4n) is 9.44. The molecule has 63 heavy (non-hydrogen) atoms. The number of hydrogen-bond acceptors (Lipinski definition) is 11. The van der Waals surface area contributed by atoms with Crippen LogP contribution in [0.4, 0.5) is 10.5 Å². The first-order valence-electron chi connectivity index (χ1n) is 20.8. The summed E-state index contributed by atoms with van der Waals surface area (Å²) in [5.74, 6) is 2.75. The molecule has 3 aliphatic heterocycles. The average Bonchev–Trinajstić information content (AvgIpc) is 3.76. The number of morpholine rings is 1. The van der Waals surface area contributed by atoms with E-state index in [0.717, 1.165) is 16.0 Å². The van der Waals surface area contributed by atoms with Gasteiger partial charge in [-0.25, -0.2) is 9.69 Å². The smallest absolute Gasteiger partial charge is 0.421 e. The summed E-state index contributed by atoms with van der Waals surface area (Å²) >= 11 is 0. The molecular formula is C50H48N4O9. The van der Waals surface area contributed by atoms with Crippen molar-refractivity contribution >= 4 is 29.6 Å². The van der Waals surface area contributed by atoms with Gasteiger partial charge in [0, 0.05) is 19.2 Å². The molecule has 0 bridgehead atoms. The number of fused-ring (bicyclic) bond motifs is 3. The average molecular weight is 849 g/mol. The van der Waals surface area contributed by atoms with E-state index in [2.05, 4.69) is 16.7 Å². The van der Waals surface area contributed by atoms with Crippen LogP contribution in [0.5, 0.6) is 5.75 Å². The van der Waals surface area contributed by atoms with Gasteiger partial charge in [0.15, 0.2) is 0 Å². The van der Waals surface area contributed by atoms with Crippen LogP contribution < -0.4 is 15.4 Å². The number of nitrogens with zero attached hydrogens (tertiary/aromatic N) is 3. The van der Waals surface area contributed by atoms with Gasteiger partial charge in [-0.3, -0.25) is 24.2 Å². The van der Waals surface area contributed by atoms with Crippen LogP contribution in [0.3, 0.4) is 0 Å². The minimum absolute atomic E-state index is 0.0179. The van der Waals surface area contributed by atoms with Crippen LogP contribution >= 0.6 is 0 Å². The molecule has 3 N–H and O–H groups in total. The molecule has 13 heteroatoms. The van der Waals surface area contributed by atoms with Gasteiger partial charge in [0.2, 0.25) is 11.8 Å². The van der Waals surface area contributed by atoms with E-state index >= 15 is 4.79 Å². The third-order valence-corrected chi connectivity index (χ3v) is 11.9. The van der Waals surface area contributed by atoms with Crippen molar-refractivity contribution in [1.29, 1.82) is 0 Å². The van der Waals surface area contributed by atoms with Gasteiger partial charge in [0.05, 0.1) is 43.4 Å². The van der Waals surface area contributed by atoms with Gasteiger partial charge in [-0.2, -0.15) is 0 Å². The van der Waals surface area contributed by atoms with Crippen LogP contribution in [0.2, 0.25) is 0 Å². The van der Waals surface area contributed by atoms with E-state index < -0.39 is 59.4 Å². The summed E-state index contributed by atoms with van der Waals surface area (Å²) < 4.78 is 23.1. The number of esters is 1. The zero-order valence-corrected chi connectivity index (χ0v) is 35.0. The second-order valence-corrected chi connectivity index (χ2v) is 15.8. The van der Waals surface area contributed by atoms with E-state index in [1.165, 1.54) is 7.11 Å². The number of ether oxygens (including phenoxy) is 4. The number of amides is 3. The lowest BCUT2D eigenvalue weighted by molar-refractivity contribution is -0.178. The molecule has 5 aromatic carbocycles. The Balaban J connectivity index is 1.37. The van der Waals surface area contributed by atoms with Crippen molar-refractivity contribution in [2.75, 3.05) is 52.0 Å². The van der Waals surface area contributed by atoms with Gasteiger partial charge in [-0.1, -0.05) is 115 Å². The van der Waals surface area contributed by atoms with Crippen molar-refractivity contribution in [2.45, 2.75) is 36.2 Å². The topological polar surface area (TPSA) is 161 Å². The zero-order chi connectivity index (χ0) is 44.1. The summed E-state index contributed by atoms with van der Waals surface area (Å²) in [6.07, 6.45) is -1.90. The molecule has 1 spiro atoms. The number of cyclic esters (lactones) is 1. The molecule has 0 radical (unpaired) electrons. The van der Waals surface area contributed by atoms with Gasteiger partial charge >= 0.3 is 12.1 Å². The van der Waals surface area contributed by atoms with Gasteiger partial charge in [0.25, 0.3) is 0 Å². The largest absolute Gasteiger partial charge is 0.491 e. The molecule has 6 atom stereocenters. The lowest BCUT2D eigenvalue weighted by Gasteiger charge is -2.46. The number of methoxy groups -OCH3 is 1. The van der Waals surface area contributed by atoms with Crippen molar-refractivity contribution < 1.29 is 43.2 Å². The molecule has 0 aromatic heterocycles. The Morgan fingerprint density at radius 2 is 1.51 bits per heavy atom. The fourth-order valence-corrected chi connectivity index (χ4v) is 9.44.